The predicted molar refractivity (Wildman–Crippen MR) is 76.1 cm³/mol. The van der Waals surface area contributed by atoms with E-state index < -0.39 is 0 Å². The average Bonchev–Trinajstić information content (AvgIpc) is 2.38. The normalized spacial score (nSPS) is 10.8. The molecule has 0 unspecified atom stereocenters. The zero-order valence-electron chi connectivity index (χ0n) is 11.1. The van der Waals surface area contributed by atoms with E-state index >= 15 is 0 Å². The first-order valence-corrected chi connectivity index (χ1v) is 6.49. The Kier molecular flexibility index (Phi) is 4.53. The summed E-state index contributed by atoms with van der Waals surface area (Å²) in [5.41, 5.74) is 3.25. The van der Waals surface area contributed by atoms with E-state index in [1.54, 1.807) is 0 Å². The van der Waals surface area contributed by atoms with E-state index in [1.165, 1.54) is 5.39 Å². The summed E-state index contributed by atoms with van der Waals surface area (Å²) in [7, 11) is 0. The Hall–Kier alpha value is -1.61. The third kappa shape index (κ3) is 3.20. The first kappa shape index (κ1) is 12.8. The molecule has 1 aromatic carbocycles. The molecule has 0 fully saturated rings. The number of aryl methyl sites for hydroxylation is 1. The van der Waals surface area contributed by atoms with E-state index in [2.05, 4.69) is 22.4 Å². The van der Waals surface area contributed by atoms with Gasteiger partial charge in [-0.15, -0.1) is 0 Å². The Morgan fingerprint density at radius 3 is 2.94 bits per heavy atom. The summed E-state index contributed by atoms with van der Waals surface area (Å²) in [5, 5.41) is 4.65. The minimum absolute atomic E-state index is 0.789. The molecule has 3 nitrogen and oxygen atoms in total. The number of para-hydroxylation sites is 1. The molecular weight excluding hydrogens is 224 g/mol. The molecule has 2 rings (SSSR count). The van der Waals surface area contributed by atoms with E-state index in [0.29, 0.717) is 0 Å². The fourth-order valence-corrected chi connectivity index (χ4v) is 2.00. The molecule has 0 spiro atoms. The first-order valence-electron chi connectivity index (χ1n) is 6.49. The van der Waals surface area contributed by atoms with E-state index in [0.717, 1.165) is 43.1 Å². The van der Waals surface area contributed by atoms with Crippen molar-refractivity contribution >= 4 is 16.6 Å². The average molecular weight is 244 g/mol. The summed E-state index contributed by atoms with van der Waals surface area (Å²) in [6, 6.07) is 10.3. The van der Waals surface area contributed by atoms with Gasteiger partial charge < -0.3 is 10.1 Å². The van der Waals surface area contributed by atoms with Gasteiger partial charge in [0.2, 0.25) is 0 Å². The zero-order chi connectivity index (χ0) is 12.8. The Morgan fingerprint density at radius 1 is 1.28 bits per heavy atom. The second kappa shape index (κ2) is 6.36. The van der Waals surface area contributed by atoms with Gasteiger partial charge >= 0.3 is 0 Å². The summed E-state index contributed by atoms with van der Waals surface area (Å²) in [5.74, 6) is 0. The standard InChI is InChI=1S/C15H20N2O/c1-3-18-10-6-9-16-15-11-12(2)17-14-8-5-4-7-13(14)15/h4-5,7-8,11H,3,6,9-10H2,1-2H3,(H,16,17). The van der Waals surface area contributed by atoms with Gasteiger partial charge in [-0.2, -0.15) is 0 Å². The van der Waals surface area contributed by atoms with Gasteiger partial charge in [-0.05, 0) is 32.4 Å². The number of hydrogen-bond acceptors (Lipinski definition) is 3. The molecule has 0 aliphatic heterocycles. The molecule has 1 aromatic heterocycles. The van der Waals surface area contributed by atoms with Gasteiger partial charge in [0.05, 0.1) is 5.52 Å². The quantitative estimate of drug-likeness (QED) is 0.791. The van der Waals surface area contributed by atoms with Gasteiger partial charge in [-0.3, -0.25) is 4.98 Å². The molecule has 0 atom stereocenters. The van der Waals surface area contributed by atoms with Gasteiger partial charge in [0.1, 0.15) is 0 Å². The van der Waals surface area contributed by atoms with E-state index in [9.17, 15) is 0 Å². The van der Waals surface area contributed by atoms with Crippen LogP contribution in [0.2, 0.25) is 0 Å². The highest BCUT2D eigenvalue weighted by Gasteiger charge is 2.02. The van der Waals surface area contributed by atoms with Gasteiger partial charge in [0.15, 0.2) is 0 Å². The monoisotopic (exact) mass is 244 g/mol. The molecule has 1 heterocycles. The van der Waals surface area contributed by atoms with Crippen LogP contribution in [0.4, 0.5) is 5.69 Å². The minimum atomic E-state index is 0.789. The molecule has 1 N–H and O–H groups in total. The Labute approximate surface area is 108 Å². The Morgan fingerprint density at radius 2 is 2.11 bits per heavy atom. The number of rotatable bonds is 6. The van der Waals surface area contributed by atoms with Crippen molar-refractivity contribution in [1.82, 2.24) is 4.98 Å². The number of benzene rings is 1. The molecule has 0 aliphatic carbocycles. The maximum atomic E-state index is 5.33. The van der Waals surface area contributed by atoms with E-state index in [4.69, 9.17) is 4.74 Å². The van der Waals surface area contributed by atoms with Crippen LogP contribution in [0.15, 0.2) is 30.3 Å². The van der Waals surface area contributed by atoms with Gasteiger partial charge in [0, 0.05) is 36.5 Å². The van der Waals surface area contributed by atoms with Gasteiger partial charge in [0.25, 0.3) is 0 Å². The molecule has 0 aliphatic rings. The van der Waals surface area contributed by atoms with Crippen LogP contribution in [0.3, 0.4) is 0 Å². The number of ether oxygens (including phenoxy) is 1. The van der Waals surface area contributed by atoms with E-state index in [1.807, 2.05) is 32.0 Å². The fraction of sp³-hybridized carbons (Fsp3) is 0.400. The molecule has 0 radical (unpaired) electrons. The van der Waals surface area contributed by atoms with Crippen molar-refractivity contribution in [3.63, 3.8) is 0 Å². The lowest BCUT2D eigenvalue weighted by Crippen LogP contribution is -2.06. The van der Waals surface area contributed by atoms with Crippen molar-refractivity contribution in [2.75, 3.05) is 25.1 Å². The van der Waals surface area contributed by atoms with Crippen LogP contribution in [0.5, 0.6) is 0 Å². The van der Waals surface area contributed by atoms with Crippen LogP contribution in [-0.2, 0) is 4.74 Å². The molecule has 0 saturated heterocycles. The van der Waals surface area contributed by atoms with Crippen LogP contribution < -0.4 is 5.32 Å². The van der Waals surface area contributed by atoms with Crippen LogP contribution >= 0.6 is 0 Å². The Bertz CT molecular complexity index is 511. The lowest BCUT2D eigenvalue weighted by atomic mass is 10.1. The number of pyridine rings is 1. The summed E-state index contributed by atoms with van der Waals surface area (Å²) >= 11 is 0. The number of fused-ring (bicyclic) bond motifs is 1. The highest BCUT2D eigenvalue weighted by Crippen LogP contribution is 2.22. The lowest BCUT2D eigenvalue weighted by Gasteiger charge is -2.10. The number of nitrogens with one attached hydrogen (secondary N) is 1. The highest BCUT2D eigenvalue weighted by atomic mass is 16.5. The molecule has 0 saturated carbocycles. The number of aromatic nitrogens is 1. The summed E-state index contributed by atoms with van der Waals surface area (Å²) < 4.78 is 5.33. The highest BCUT2D eigenvalue weighted by molar-refractivity contribution is 5.91. The molecule has 3 heteroatoms. The van der Waals surface area contributed by atoms with Crippen molar-refractivity contribution in [2.45, 2.75) is 20.3 Å². The third-order valence-electron chi connectivity index (χ3n) is 2.83. The number of hydrogen-bond donors (Lipinski definition) is 1. The van der Waals surface area contributed by atoms with Gasteiger partial charge in [-0.1, -0.05) is 18.2 Å². The molecule has 2 aromatic rings. The summed E-state index contributed by atoms with van der Waals surface area (Å²) in [4.78, 5) is 4.53. The maximum Gasteiger partial charge on any atom is 0.0725 e. The number of nitrogens with zero attached hydrogens (tertiary/aromatic N) is 1. The minimum Gasteiger partial charge on any atom is -0.384 e. The Balaban J connectivity index is 2.07. The second-order valence-electron chi connectivity index (χ2n) is 4.31. The van der Waals surface area contributed by atoms with Crippen molar-refractivity contribution < 1.29 is 4.74 Å². The molecule has 0 bridgehead atoms. The van der Waals surface area contributed by atoms with Crippen molar-refractivity contribution in [3.8, 4) is 0 Å². The van der Waals surface area contributed by atoms with Crippen molar-refractivity contribution in [3.05, 3.63) is 36.0 Å². The molecular formula is C15H20N2O. The second-order valence-corrected chi connectivity index (χ2v) is 4.31. The maximum absolute atomic E-state index is 5.33. The van der Waals surface area contributed by atoms with Crippen molar-refractivity contribution in [2.24, 2.45) is 0 Å². The number of anilines is 1. The van der Waals surface area contributed by atoms with Gasteiger partial charge in [-0.25, -0.2) is 0 Å². The SMILES string of the molecule is CCOCCCNc1cc(C)nc2ccccc12. The predicted octanol–water partition coefficient (Wildman–Crippen LogP) is 3.38. The zero-order valence-corrected chi connectivity index (χ0v) is 11.1. The third-order valence-corrected chi connectivity index (χ3v) is 2.83. The first-order chi connectivity index (χ1) is 8.81. The van der Waals surface area contributed by atoms with Crippen LogP contribution in [0, 0.1) is 6.92 Å². The van der Waals surface area contributed by atoms with Crippen molar-refractivity contribution in [1.29, 1.82) is 0 Å². The molecule has 0 amide bonds. The van der Waals surface area contributed by atoms with E-state index in [-0.39, 0.29) is 0 Å². The fourth-order valence-electron chi connectivity index (χ4n) is 2.00. The summed E-state index contributed by atoms with van der Waals surface area (Å²) in [6.45, 7) is 6.57. The largest absolute Gasteiger partial charge is 0.384 e. The molecule has 18 heavy (non-hydrogen) atoms. The lowest BCUT2D eigenvalue weighted by molar-refractivity contribution is 0.147. The van der Waals surface area contributed by atoms with Crippen LogP contribution in [0.25, 0.3) is 10.9 Å². The van der Waals surface area contributed by atoms with Crippen LogP contribution in [0.1, 0.15) is 19.0 Å². The van der Waals surface area contributed by atoms with Crippen LogP contribution in [-0.4, -0.2) is 24.7 Å². The topological polar surface area (TPSA) is 34.1 Å². The summed E-state index contributed by atoms with van der Waals surface area (Å²) in [6.07, 6.45) is 1.02. The molecule has 96 valence electrons. The smallest absolute Gasteiger partial charge is 0.0725 e.